The lowest BCUT2D eigenvalue weighted by Gasteiger charge is -2.01. The Morgan fingerprint density at radius 2 is 1.89 bits per heavy atom. The van der Waals surface area contributed by atoms with Crippen molar-refractivity contribution in [2.75, 3.05) is 0 Å². The van der Waals surface area contributed by atoms with Crippen molar-refractivity contribution in [3.8, 4) is 11.1 Å². The van der Waals surface area contributed by atoms with Gasteiger partial charge in [0.15, 0.2) is 11.5 Å². The van der Waals surface area contributed by atoms with Gasteiger partial charge in [-0.2, -0.15) is 0 Å². The molecular weight excluding hydrogens is 241 g/mol. The quantitative estimate of drug-likeness (QED) is 0.660. The summed E-state index contributed by atoms with van der Waals surface area (Å²) in [5, 5.41) is 0. The van der Waals surface area contributed by atoms with E-state index in [1.807, 2.05) is 38.1 Å². The SMILES string of the molecule is CC(C)c1nc2c(-c3cccc(F)c3)cccc2o1. The summed E-state index contributed by atoms with van der Waals surface area (Å²) in [6.45, 7) is 4.07. The van der Waals surface area contributed by atoms with Gasteiger partial charge in [0, 0.05) is 11.5 Å². The molecule has 0 atom stereocenters. The molecule has 19 heavy (non-hydrogen) atoms. The number of benzene rings is 2. The van der Waals surface area contributed by atoms with Gasteiger partial charge in [-0.25, -0.2) is 9.37 Å². The first-order valence-electron chi connectivity index (χ1n) is 6.30. The highest BCUT2D eigenvalue weighted by molar-refractivity contribution is 5.90. The standard InChI is InChI=1S/C16H14FNO/c1-10(2)16-18-15-13(7-4-8-14(15)19-16)11-5-3-6-12(17)9-11/h3-10H,1-2H3. The average Bonchev–Trinajstić information content (AvgIpc) is 2.82. The van der Waals surface area contributed by atoms with E-state index in [-0.39, 0.29) is 11.7 Å². The van der Waals surface area contributed by atoms with E-state index in [1.165, 1.54) is 12.1 Å². The highest BCUT2D eigenvalue weighted by Gasteiger charge is 2.13. The van der Waals surface area contributed by atoms with Crippen LogP contribution >= 0.6 is 0 Å². The van der Waals surface area contributed by atoms with Gasteiger partial charge < -0.3 is 4.42 Å². The zero-order valence-electron chi connectivity index (χ0n) is 10.9. The van der Waals surface area contributed by atoms with Gasteiger partial charge in [-0.15, -0.1) is 0 Å². The highest BCUT2D eigenvalue weighted by atomic mass is 19.1. The fourth-order valence-electron chi connectivity index (χ4n) is 2.10. The smallest absolute Gasteiger partial charge is 0.198 e. The van der Waals surface area contributed by atoms with Crippen LogP contribution in [-0.2, 0) is 0 Å². The van der Waals surface area contributed by atoms with Crippen molar-refractivity contribution < 1.29 is 8.81 Å². The average molecular weight is 255 g/mol. The normalized spacial score (nSPS) is 11.4. The molecule has 0 spiro atoms. The molecule has 0 bridgehead atoms. The summed E-state index contributed by atoms with van der Waals surface area (Å²) < 4.78 is 19.1. The molecule has 0 saturated carbocycles. The fraction of sp³-hybridized carbons (Fsp3) is 0.188. The molecule has 0 unspecified atom stereocenters. The van der Waals surface area contributed by atoms with Crippen LogP contribution in [0.4, 0.5) is 4.39 Å². The minimum Gasteiger partial charge on any atom is -0.440 e. The molecule has 0 radical (unpaired) electrons. The lowest BCUT2D eigenvalue weighted by Crippen LogP contribution is -1.86. The topological polar surface area (TPSA) is 26.0 Å². The van der Waals surface area contributed by atoms with Crippen LogP contribution < -0.4 is 0 Å². The highest BCUT2D eigenvalue weighted by Crippen LogP contribution is 2.30. The fourth-order valence-corrected chi connectivity index (χ4v) is 2.10. The van der Waals surface area contributed by atoms with Crippen molar-refractivity contribution in [2.24, 2.45) is 0 Å². The molecule has 96 valence electrons. The molecular formula is C16H14FNO. The molecule has 3 heteroatoms. The zero-order chi connectivity index (χ0) is 13.4. The Labute approximate surface area is 110 Å². The molecule has 2 nitrogen and oxygen atoms in total. The van der Waals surface area contributed by atoms with E-state index in [2.05, 4.69) is 4.98 Å². The molecule has 3 rings (SSSR count). The molecule has 2 aromatic carbocycles. The minimum absolute atomic E-state index is 0.229. The van der Waals surface area contributed by atoms with E-state index in [0.717, 1.165) is 22.2 Å². The van der Waals surface area contributed by atoms with Crippen LogP contribution in [0.2, 0.25) is 0 Å². The second kappa shape index (κ2) is 4.50. The van der Waals surface area contributed by atoms with E-state index >= 15 is 0 Å². The largest absolute Gasteiger partial charge is 0.440 e. The van der Waals surface area contributed by atoms with Gasteiger partial charge in [0.05, 0.1) is 0 Å². The second-order valence-corrected chi connectivity index (χ2v) is 4.87. The van der Waals surface area contributed by atoms with Crippen molar-refractivity contribution >= 4 is 11.1 Å². The number of halogens is 1. The lowest BCUT2D eigenvalue weighted by molar-refractivity contribution is 0.501. The van der Waals surface area contributed by atoms with Crippen LogP contribution in [0.15, 0.2) is 46.9 Å². The van der Waals surface area contributed by atoms with Crippen LogP contribution in [0.1, 0.15) is 25.7 Å². The molecule has 1 aromatic heterocycles. The number of aromatic nitrogens is 1. The predicted molar refractivity (Wildman–Crippen MR) is 73.5 cm³/mol. The molecule has 0 amide bonds. The molecule has 3 aromatic rings. The summed E-state index contributed by atoms with van der Waals surface area (Å²) in [7, 11) is 0. The van der Waals surface area contributed by atoms with Crippen molar-refractivity contribution in [3.05, 3.63) is 54.2 Å². The van der Waals surface area contributed by atoms with E-state index in [4.69, 9.17) is 4.42 Å². The zero-order valence-corrected chi connectivity index (χ0v) is 10.9. The summed E-state index contributed by atoms with van der Waals surface area (Å²) >= 11 is 0. The van der Waals surface area contributed by atoms with Gasteiger partial charge in [-0.3, -0.25) is 0 Å². The Hall–Kier alpha value is -2.16. The third-order valence-electron chi connectivity index (χ3n) is 3.07. The van der Waals surface area contributed by atoms with E-state index in [1.54, 1.807) is 6.07 Å². The number of rotatable bonds is 2. The molecule has 0 saturated heterocycles. The van der Waals surface area contributed by atoms with Gasteiger partial charge in [0.2, 0.25) is 0 Å². The Balaban J connectivity index is 2.23. The third-order valence-corrected chi connectivity index (χ3v) is 3.07. The Kier molecular flexibility index (Phi) is 2.82. The first-order valence-corrected chi connectivity index (χ1v) is 6.30. The summed E-state index contributed by atoms with van der Waals surface area (Å²) in [6.07, 6.45) is 0. The Morgan fingerprint density at radius 1 is 1.11 bits per heavy atom. The van der Waals surface area contributed by atoms with Crippen LogP contribution in [0.3, 0.4) is 0 Å². The number of nitrogens with zero attached hydrogens (tertiary/aromatic N) is 1. The minimum atomic E-state index is -0.248. The van der Waals surface area contributed by atoms with Crippen molar-refractivity contribution in [1.82, 2.24) is 4.98 Å². The van der Waals surface area contributed by atoms with Gasteiger partial charge in [-0.05, 0) is 23.8 Å². The molecule has 0 N–H and O–H groups in total. The number of para-hydroxylation sites is 1. The predicted octanol–water partition coefficient (Wildman–Crippen LogP) is 4.76. The maximum Gasteiger partial charge on any atom is 0.198 e. The second-order valence-electron chi connectivity index (χ2n) is 4.87. The van der Waals surface area contributed by atoms with Crippen molar-refractivity contribution in [3.63, 3.8) is 0 Å². The summed E-state index contributed by atoms with van der Waals surface area (Å²) in [5.74, 6) is 0.689. The molecule has 0 aliphatic heterocycles. The van der Waals surface area contributed by atoms with Crippen molar-refractivity contribution in [2.45, 2.75) is 19.8 Å². The monoisotopic (exact) mass is 255 g/mol. The number of fused-ring (bicyclic) bond motifs is 1. The maximum absolute atomic E-state index is 13.3. The van der Waals surface area contributed by atoms with E-state index in [9.17, 15) is 4.39 Å². The molecule has 0 fully saturated rings. The number of hydrogen-bond acceptors (Lipinski definition) is 2. The van der Waals surface area contributed by atoms with Crippen LogP contribution in [-0.4, -0.2) is 4.98 Å². The third kappa shape index (κ3) is 2.12. The van der Waals surface area contributed by atoms with Gasteiger partial charge >= 0.3 is 0 Å². The summed E-state index contributed by atoms with van der Waals surface area (Å²) in [4.78, 5) is 4.53. The Morgan fingerprint density at radius 3 is 2.63 bits per heavy atom. The number of oxazole rings is 1. The van der Waals surface area contributed by atoms with Crippen LogP contribution in [0.5, 0.6) is 0 Å². The van der Waals surface area contributed by atoms with Crippen LogP contribution in [0, 0.1) is 5.82 Å². The van der Waals surface area contributed by atoms with E-state index in [0.29, 0.717) is 5.89 Å². The van der Waals surface area contributed by atoms with Gasteiger partial charge in [0.1, 0.15) is 11.3 Å². The molecule has 0 aliphatic carbocycles. The first-order chi connectivity index (χ1) is 9.15. The number of hydrogen-bond donors (Lipinski definition) is 0. The summed E-state index contributed by atoms with van der Waals surface area (Å²) in [5.41, 5.74) is 3.24. The molecule has 0 aliphatic rings. The van der Waals surface area contributed by atoms with Gasteiger partial charge in [-0.1, -0.05) is 38.1 Å². The Bertz CT molecular complexity index is 730. The van der Waals surface area contributed by atoms with Crippen LogP contribution in [0.25, 0.3) is 22.2 Å². The van der Waals surface area contributed by atoms with E-state index < -0.39 is 0 Å². The molecule has 1 heterocycles. The first kappa shape index (κ1) is 11.9. The van der Waals surface area contributed by atoms with Gasteiger partial charge in [0.25, 0.3) is 0 Å². The lowest BCUT2D eigenvalue weighted by atomic mass is 10.0. The maximum atomic E-state index is 13.3. The van der Waals surface area contributed by atoms with Crippen molar-refractivity contribution in [1.29, 1.82) is 0 Å². The summed E-state index contributed by atoms with van der Waals surface area (Å²) in [6, 6.07) is 12.2.